The molecule has 13 N–H and O–H groups in total. The molecule has 2 bridgehead atoms. The lowest BCUT2D eigenvalue weighted by Gasteiger charge is -2.45. The highest BCUT2D eigenvalue weighted by molar-refractivity contribution is 5.71. The Kier molecular flexibility index (Phi) is 23.8. The molecule has 2 fully saturated rings. The van der Waals surface area contributed by atoms with Crippen molar-refractivity contribution in [3.63, 3.8) is 0 Å². The lowest BCUT2D eigenvalue weighted by molar-refractivity contribution is -0.310. The minimum Gasteiger partial charge on any atom is -0.481 e. The fourth-order valence-electron chi connectivity index (χ4n) is 8.11. The molecule has 370 valence electrons. The smallest absolute Gasteiger partial charge is 0.311 e. The quantitative estimate of drug-likeness (QED) is 0.175. The second kappa shape index (κ2) is 27.6. The first-order chi connectivity index (χ1) is 30.6. The van der Waals surface area contributed by atoms with E-state index in [1.807, 2.05) is 49.5 Å². The van der Waals surface area contributed by atoms with E-state index >= 15 is 0 Å². The van der Waals surface area contributed by atoms with Gasteiger partial charge in [0.15, 0.2) is 12.1 Å². The Morgan fingerprint density at radius 3 is 1.94 bits per heavy atom. The largest absolute Gasteiger partial charge is 0.481 e. The van der Waals surface area contributed by atoms with E-state index in [1.165, 1.54) is 13.0 Å². The van der Waals surface area contributed by atoms with Crippen molar-refractivity contribution >= 4 is 11.9 Å². The molecule has 19 atom stereocenters. The summed E-state index contributed by atoms with van der Waals surface area (Å²) in [5, 5.41) is 118. The summed E-state index contributed by atoms with van der Waals surface area (Å²) in [6.07, 6.45) is 2.28. The fourth-order valence-corrected chi connectivity index (χ4v) is 8.11. The van der Waals surface area contributed by atoms with Crippen LogP contribution in [0.4, 0.5) is 0 Å². The maximum Gasteiger partial charge on any atom is 0.311 e. The second-order valence-corrected chi connectivity index (χ2v) is 17.8. The third kappa shape index (κ3) is 18.8. The topological polar surface area (TPSA) is 320 Å². The molecular weight excluding hydrogens is 851 g/mol. The van der Waals surface area contributed by atoms with Crippen molar-refractivity contribution in [3.05, 3.63) is 72.9 Å². The van der Waals surface area contributed by atoms with Crippen LogP contribution in [0, 0.1) is 17.8 Å². The lowest BCUT2D eigenvalue weighted by atomic mass is 9.82. The molecule has 0 aromatic carbocycles. The Bertz CT molecular complexity index is 1620. The number of esters is 1. The van der Waals surface area contributed by atoms with Gasteiger partial charge < -0.3 is 80.9 Å². The Balaban J connectivity index is 1.84. The minimum absolute atomic E-state index is 0.138. The van der Waals surface area contributed by atoms with Crippen molar-refractivity contribution in [1.82, 2.24) is 0 Å². The van der Waals surface area contributed by atoms with E-state index in [4.69, 9.17) is 24.7 Å². The average Bonchev–Trinajstić information content (AvgIpc) is 3.21. The number of aliphatic hydroxyl groups is 10. The van der Waals surface area contributed by atoms with Gasteiger partial charge in [0.05, 0.1) is 79.6 Å². The van der Waals surface area contributed by atoms with Crippen molar-refractivity contribution < 1.29 is 84.7 Å². The standard InChI is InChI=1S/C47H75NO17/c1-27-17-15-13-11-9-7-5-6-8-10-12-14-16-18-34(64-46-44(58)41(48)43(57)30(4)63-46)24-38-40(45(59)60)37(54)26-47(61,65-38)25-36(53)35(52)20-19-31(49)21-32(50)22-33(51)23-39(55)62-29(3)28(2)42(27)56/h5-6,8,10-18,27-38,40-44,46,49-54,56-58,61H,7,9,19-26,48H2,1-4H3,(H,59,60)/b6-5+,10-8+,13-11+,14-12+,17-15+,18-16+/t27-,28+,29-,30+,31+,32+,33+,34-,35+,36+,37-,38?,40+,41?,42+,43-,44-,46?,47+/m0/s1. The van der Waals surface area contributed by atoms with E-state index < -0.39 is 141 Å². The summed E-state index contributed by atoms with van der Waals surface area (Å²) >= 11 is 0. The van der Waals surface area contributed by atoms with Gasteiger partial charge in [0.2, 0.25) is 0 Å². The molecule has 3 unspecified atom stereocenters. The molecule has 0 aliphatic carbocycles. The number of ether oxygens (including phenoxy) is 4. The van der Waals surface area contributed by atoms with Gasteiger partial charge in [0.25, 0.3) is 0 Å². The number of hydrogen-bond acceptors (Lipinski definition) is 17. The number of rotatable bonds is 3. The average molecular weight is 926 g/mol. The molecule has 0 radical (unpaired) electrons. The van der Waals surface area contributed by atoms with Crippen LogP contribution in [0.1, 0.15) is 91.9 Å². The Labute approximate surface area is 381 Å². The monoisotopic (exact) mass is 926 g/mol. The van der Waals surface area contributed by atoms with E-state index in [9.17, 15) is 65.8 Å². The zero-order valence-electron chi connectivity index (χ0n) is 37.8. The second-order valence-electron chi connectivity index (χ2n) is 17.8. The predicted molar refractivity (Wildman–Crippen MR) is 237 cm³/mol. The van der Waals surface area contributed by atoms with Crippen LogP contribution in [0.3, 0.4) is 0 Å². The zero-order valence-corrected chi connectivity index (χ0v) is 37.8. The minimum atomic E-state index is -2.35. The summed E-state index contributed by atoms with van der Waals surface area (Å²) in [5.41, 5.74) is 6.02. The van der Waals surface area contributed by atoms with Gasteiger partial charge in [-0.25, -0.2) is 0 Å². The molecule has 0 amide bonds. The van der Waals surface area contributed by atoms with Gasteiger partial charge >= 0.3 is 11.9 Å². The Morgan fingerprint density at radius 2 is 1.28 bits per heavy atom. The molecule has 18 heteroatoms. The van der Waals surface area contributed by atoms with Gasteiger partial charge in [-0.05, 0) is 52.4 Å². The normalized spacial score (nSPS) is 45.2. The van der Waals surface area contributed by atoms with Gasteiger partial charge in [-0.3, -0.25) is 9.59 Å². The summed E-state index contributed by atoms with van der Waals surface area (Å²) in [5.74, 6) is -6.82. The van der Waals surface area contributed by atoms with Crippen LogP contribution in [-0.4, -0.2) is 166 Å². The number of aliphatic carboxylic acids is 1. The maximum atomic E-state index is 12.6. The molecule has 2 saturated heterocycles. The van der Waals surface area contributed by atoms with Crippen LogP contribution in [0.5, 0.6) is 0 Å². The fraction of sp³-hybridized carbons (Fsp3) is 0.702. The van der Waals surface area contributed by atoms with E-state index in [-0.39, 0.29) is 38.0 Å². The number of hydrogen-bond donors (Lipinski definition) is 12. The molecule has 0 saturated carbocycles. The van der Waals surface area contributed by atoms with Crippen LogP contribution in [0.25, 0.3) is 0 Å². The highest BCUT2D eigenvalue weighted by atomic mass is 16.7. The maximum absolute atomic E-state index is 12.6. The number of nitrogens with two attached hydrogens (primary N) is 1. The SMILES string of the molecule is C[C@H]1[C@H](O)[C@@H](C)/C=C/C=C/CC/C=C/C=C/C=C/C=C/[C@H](OC2O[C@H](C)[C@H](O)C(N)[C@@H]2O)CC2O[C@](O)(C[C@@H](O)[C@H](O)CC[C@@H](O)C[C@@H](O)C[C@@H](O)CC(=O)O[C@H]1C)C[C@H](O)[C@H]2C(=O)O. The summed E-state index contributed by atoms with van der Waals surface area (Å²) in [7, 11) is 0. The van der Waals surface area contributed by atoms with Crippen molar-refractivity contribution in [2.75, 3.05) is 0 Å². The van der Waals surface area contributed by atoms with Crippen LogP contribution in [-0.2, 0) is 28.5 Å². The number of allylic oxidation sites excluding steroid dienone is 10. The summed E-state index contributed by atoms with van der Waals surface area (Å²) < 4.78 is 23.2. The first-order valence-electron chi connectivity index (χ1n) is 22.6. The Morgan fingerprint density at radius 1 is 0.692 bits per heavy atom. The molecule has 0 aromatic heterocycles. The molecule has 3 aliphatic heterocycles. The molecule has 0 aromatic rings. The number of carboxylic acids is 1. The van der Waals surface area contributed by atoms with Crippen LogP contribution in [0.2, 0.25) is 0 Å². The number of carbonyl (C=O) groups is 2. The van der Waals surface area contributed by atoms with Crippen LogP contribution in [0.15, 0.2) is 72.9 Å². The van der Waals surface area contributed by atoms with Gasteiger partial charge in [-0.2, -0.15) is 0 Å². The molecule has 3 rings (SSSR count). The number of cyclic esters (lactones) is 1. The van der Waals surface area contributed by atoms with Gasteiger partial charge in [0.1, 0.15) is 18.1 Å². The van der Waals surface area contributed by atoms with Crippen LogP contribution >= 0.6 is 0 Å². The van der Waals surface area contributed by atoms with E-state index in [0.717, 1.165) is 12.8 Å². The third-order valence-corrected chi connectivity index (χ3v) is 12.2. The summed E-state index contributed by atoms with van der Waals surface area (Å²) in [6, 6.07) is -1.14. The lowest BCUT2D eigenvalue weighted by Crippen LogP contribution is -2.61. The summed E-state index contributed by atoms with van der Waals surface area (Å²) in [6.45, 7) is 6.78. The molecule has 65 heavy (non-hydrogen) atoms. The van der Waals surface area contributed by atoms with Crippen molar-refractivity contribution in [2.24, 2.45) is 23.5 Å². The van der Waals surface area contributed by atoms with Crippen LogP contribution < -0.4 is 5.73 Å². The van der Waals surface area contributed by atoms with Gasteiger partial charge in [-0.15, -0.1) is 0 Å². The Hall–Kier alpha value is -3.18. The third-order valence-electron chi connectivity index (χ3n) is 12.2. The van der Waals surface area contributed by atoms with E-state index in [0.29, 0.717) is 0 Å². The first-order valence-corrected chi connectivity index (χ1v) is 22.6. The first kappa shape index (κ1) is 56.1. The van der Waals surface area contributed by atoms with Gasteiger partial charge in [-0.1, -0.05) is 86.8 Å². The number of carbonyl (C=O) groups excluding carboxylic acids is 1. The van der Waals surface area contributed by atoms with Crippen molar-refractivity contribution in [3.8, 4) is 0 Å². The molecular formula is C47H75NO17. The van der Waals surface area contributed by atoms with Crippen molar-refractivity contribution in [1.29, 1.82) is 0 Å². The highest BCUT2D eigenvalue weighted by Crippen LogP contribution is 2.38. The van der Waals surface area contributed by atoms with E-state index in [1.54, 1.807) is 38.2 Å². The van der Waals surface area contributed by atoms with Crippen molar-refractivity contribution in [2.45, 2.75) is 189 Å². The summed E-state index contributed by atoms with van der Waals surface area (Å²) in [4.78, 5) is 25.1. The molecule has 3 aliphatic rings. The zero-order chi connectivity index (χ0) is 48.4. The number of aliphatic hydroxyl groups excluding tert-OH is 9. The van der Waals surface area contributed by atoms with E-state index in [2.05, 4.69) is 0 Å². The molecule has 0 spiro atoms. The molecule has 18 nitrogen and oxygen atoms in total. The van der Waals surface area contributed by atoms with Gasteiger partial charge in [0, 0.05) is 31.1 Å². The predicted octanol–water partition coefficient (Wildman–Crippen LogP) is 0.936. The molecule has 3 heterocycles. The number of fused-ring (bicyclic) bond motifs is 2. The highest BCUT2D eigenvalue weighted by Gasteiger charge is 2.51. The number of carboxylic acid groups (broad SMARTS) is 1.